The van der Waals surface area contributed by atoms with E-state index in [0.29, 0.717) is 12.6 Å². The summed E-state index contributed by atoms with van der Waals surface area (Å²) in [5, 5.41) is 0. The molecule has 0 aliphatic carbocycles. The number of imidazole rings is 1. The Bertz CT molecular complexity index is 698. The number of H-pyrrole nitrogens is 1. The van der Waals surface area contributed by atoms with E-state index in [1.54, 1.807) is 7.11 Å². The van der Waals surface area contributed by atoms with Crippen LogP contribution in [0.5, 0.6) is 5.75 Å². The summed E-state index contributed by atoms with van der Waals surface area (Å²) in [7, 11) is 1.71. The first-order chi connectivity index (χ1) is 10.2. The number of hydrogen-bond acceptors (Lipinski definition) is 4. The first-order valence-electron chi connectivity index (χ1n) is 7.01. The molecule has 4 nitrogen and oxygen atoms in total. The molecule has 0 radical (unpaired) electrons. The third-order valence-corrected chi connectivity index (χ3v) is 5.39. The first-order valence-corrected chi connectivity index (χ1v) is 8.41. The summed E-state index contributed by atoms with van der Waals surface area (Å²) >= 11 is 7.33. The highest BCUT2D eigenvalue weighted by atomic mass is 35.5. The Labute approximate surface area is 145 Å². The molecule has 1 aliphatic rings. The van der Waals surface area contributed by atoms with E-state index < -0.39 is 0 Å². The minimum Gasteiger partial charge on any atom is -0.497 e. The van der Waals surface area contributed by atoms with Gasteiger partial charge in [0.05, 0.1) is 7.11 Å². The third kappa shape index (κ3) is 3.35. The van der Waals surface area contributed by atoms with Crippen molar-refractivity contribution in [2.24, 2.45) is 5.73 Å². The van der Waals surface area contributed by atoms with Crippen LogP contribution in [0.15, 0.2) is 29.3 Å². The van der Waals surface area contributed by atoms with Crippen LogP contribution in [-0.2, 0) is 12.8 Å². The first kappa shape index (κ1) is 17.4. The summed E-state index contributed by atoms with van der Waals surface area (Å²) in [6.45, 7) is 0.636. The van der Waals surface area contributed by atoms with E-state index >= 15 is 0 Å². The summed E-state index contributed by atoms with van der Waals surface area (Å²) in [5.74, 6) is 1.94. The van der Waals surface area contributed by atoms with E-state index in [1.165, 1.54) is 16.2 Å². The molecule has 0 saturated carbocycles. The quantitative estimate of drug-likeness (QED) is 0.824. The summed E-state index contributed by atoms with van der Waals surface area (Å²) in [5.41, 5.74) is 8.22. The van der Waals surface area contributed by atoms with Gasteiger partial charge in [0.1, 0.15) is 5.75 Å². The number of methoxy groups -OCH3 is 1. The van der Waals surface area contributed by atoms with Crippen LogP contribution < -0.4 is 10.5 Å². The van der Waals surface area contributed by atoms with Crippen molar-refractivity contribution in [3.05, 3.63) is 40.4 Å². The van der Waals surface area contributed by atoms with Crippen molar-refractivity contribution in [3.63, 3.8) is 0 Å². The minimum absolute atomic E-state index is 0. The Morgan fingerprint density at radius 2 is 2.32 bits per heavy atom. The van der Waals surface area contributed by atoms with Gasteiger partial charge in [-0.05, 0) is 48.9 Å². The van der Waals surface area contributed by atoms with E-state index in [0.717, 1.165) is 29.1 Å². The maximum atomic E-state index is 5.70. The molecule has 1 aliphatic heterocycles. The molecule has 0 unspecified atom stereocenters. The minimum atomic E-state index is 0. The van der Waals surface area contributed by atoms with E-state index in [-0.39, 0.29) is 12.4 Å². The van der Waals surface area contributed by atoms with Gasteiger partial charge in [-0.3, -0.25) is 0 Å². The predicted molar refractivity (Wildman–Crippen MR) is 96.1 cm³/mol. The van der Waals surface area contributed by atoms with Gasteiger partial charge < -0.3 is 20.0 Å². The van der Waals surface area contributed by atoms with Gasteiger partial charge in [-0.15, -0.1) is 24.2 Å². The van der Waals surface area contributed by atoms with Crippen molar-refractivity contribution < 1.29 is 4.74 Å². The SMILES string of the molecule is COc1ccc2c(c1)C[C@@H](n1c(CCN)c[nH]c1=S)CS2.Cl. The Kier molecular flexibility index (Phi) is 5.97. The topological polar surface area (TPSA) is 56.0 Å². The number of nitrogens with one attached hydrogen (secondary N) is 1. The molecule has 1 aromatic heterocycles. The number of halogens is 1. The number of benzene rings is 1. The summed E-state index contributed by atoms with van der Waals surface area (Å²) in [4.78, 5) is 4.50. The fraction of sp³-hybridized carbons (Fsp3) is 0.400. The van der Waals surface area contributed by atoms with Crippen LogP contribution in [0.4, 0.5) is 0 Å². The summed E-state index contributed by atoms with van der Waals surface area (Å²) in [6.07, 6.45) is 3.81. The molecule has 0 amide bonds. The number of nitrogens with zero attached hydrogens (tertiary/aromatic N) is 1. The average Bonchev–Trinajstić information content (AvgIpc) is 2.87. The van der Waals surface area contributed by atoms with Gasteiger partial charge in [0.15, 0.2) is 4.77 Å². The van der Waals surface area contributed by atoms with E-state index in [2.05, 4.69) is 21.7 Å². The number of aromatic amines is 1. The molecule has 0 bridgehead atoms. The van der Waals surface area contributed by atoms with Crippen LogP contribution in [0.1, 0.15) is 17.3 Å². The zero-order chi connectivity index (χ0) is 14.8. The van der Waals surface area contributed by atoms with Crippen molar-refractivity contribution in [3.8, 4) is 5.75 Å². The molecule has 1 atom stereocenters. The van der Waals surface area contributed by atoms with Crippen molar-refractivity contribution in [1.82, 2.24) is 9.55 Å². The second kappa shape index (κ2) is 7.55. The molecule has 3 N–H and O–H groups in total. The average molecular weight is 358 g/mol. The second-order valence-electron chi connectivity index (χ2n) is 5.14. The summed E-state index contributed by atoms with van der Waals surface area (Å²) in [6, 6.07) is 6.67. The lowest BCUT2D eigenvalue weighted by molar-refractivity contribution is 0.413. The van der Waals surface area contributed by atoms with Crippen LogP contribution in [0.3, 0.4) is 0 Å². The molecule has 0 saturated heterocycles. The second-order valence-corrected chi connectivity index (χ2v) is 6.58. The normalized spacial score (nSPS) is 16.7. The van der Waals surface area contributed by atoms with Crippen LogP contribution in [-0.4, -0.2) is 29.0 Å². The van der Waals surface area contributed by atoms with Gasteiger partial charge in [0.2, 0.25) is 0 Å². The fourth-order valence-electron chi connectivity index (χ4n) is 2.80. The Morgan fingerprint density at radius 3 is 3.05 bits per heavy atom. The van der Waals surface area contributed by atoms with E-state index in [9.17, 15) is 0 Å². The lowest BCUT2D eigenvalue weighted by atomic mass is 10.1. The third-order valence-electron chi connectivity index (χ3n) is 3.81. The fourth-order valence-corrected chi connectivity index (χ4v) is 4.26. The highest BCUT2D eigenvalue weighted by Crippen LogP contribution is 2.37. The lowest BCUT2D eigenvalue weighted by Crippen LogP contribution is -2.21. The maximum Gasteiger partial charge on any atom is 0.177 e. The number of thioether (sulfide) groups is 1. The smallest absolute Gasteiger partial charge is 0.177 e. The van der Waals surface area contributed by atoms with Crippen molar-refractivity contribution in [2.75, 3.05) is 19.4 Å². The highest BCUT2D eigenvalue weighted by molar-refractivity contribution is 7.99. The standard InChI is InChI=1S/C15H19N3OS2.ClH/c1-19-13-2-3-14-10(7-13)6-12(9-21-14)18-11(4-5-16)8-17-15(18)20;/h2-3,7-8,12H,4-6,9,16H2,1H3,(H,17,20);1H/t12-;/m1./s1. The van der Waals surface area contributed by atoms with Crippen LogP contribution in [0, 0.1) is 4.77 Å². The number of ether oxygens (including phenoxy) is 1. The molecule has 120 valence electrons. The molecule has 7 heteroatoms. The van der Waals surface area contributed by atoms with E-state index in [1.807, 2.05) is 24.0 Å². The number of nitrogens with two attached hydrogens (primary N) is 1. The molecular weight excluding hydrogens is 338 g/mol. The molecule has 0 spiro atoms. The molecule has 3 rings (SSSR count). The van der Waals surface area contributed by atoms with E-state index in [4.69, 9.17) is 22.7 Å². The van der Waals surface area contributed by atoms with Gasteiger partial charge in [-0.25, -0.2) is 0 Å². The number of aromatic nitrogens is 2. The van der Waals surface area contributed by atoms with Gasteiger partial charge in [0.25, 0.3) is 0 Å². The Balaban J connectivity index is 0.00000176. The summed E-state index contributed by atoms with van der Waals surface area (Å²) < 4.78 is 8.35. The monoisotopic (exact) mass is 357 g/mol. The molecule has 2 aromatic rings. The Hall–Kier alpha value is -0.950. The Morgan fingerprint density at radius 1 is 1.50 bits per heavy atom. The van der Waals surface area contributed by atoms with Crippen LogP contribution in [0.25, 0.3) is 0 Å². The largest absolute Gasteiger partial charge is 0.497 e. The van der Waals surface area contributed by atoms with Crippen LogP contribution >= 0.6 is 36.4 Å². The molecule has 1 aromatic carbocycles. The molecule has 2 heterocycles. The maximum absolute atomic E-state index is 5.70. The highest BCUT2D eigenvalue weighted by Gasteiger charge is 2.23. The molecular formula is C15H20ClN3OS2. The predicted octanol–water partition coefficient (Wildman–Crippen LogP) is 3.37. The molecule has 22 heavy (non-hydrogen) atoms. The van der Waals surface area contributed by atoms with Gasteiger partial charge in [-0.1, -0.05) is 0 Å². The van der Waals surface area contributed by atoms with Gasteiger partial charge >= 0.3 is 0 Å². The van der Waals surface area contributed by atoms with Crippen molar-refractivity contribution >= 4 is 36.4 Å². The van der Waals surface area contributed by atoms with Crippen molar-refractivity contribution in [1.29, 1.82) is 0 Å². The number of hydrogen-bond donors (Lipinski definition) is 2. The van der Waals surface area contributed by atoms with Gasteiger partial charge in [-0.2, -0.15) is 0 Å². The zero-order valence-corrected chi connectivity index (χ0v) is 14.8. The van der Waals surface area contributed by atoms with Gasteiger partial charge in [0, 0.05) is 35.0 Å². The number of fused-ring (bicyclic) bond motifs is 1. The lowest BCUT2D eigenvalue weighted by Gasteiger charge is -2.27. The van der Waals surface area contributed by atoms with Crippen molar-refractivity contribution in [2.45, 2.75) is 23.8 Å². The van der Waals surface area contributed by atoms with Crippen LogP contribution in [0.2, 0.25) is 0 Å². The zero-order valence-electron chi connectivity index (χ0n) is 12.4. The molecule has 0 fully saturated rings. The number of rotatable bonds is 4.